The van der Waals surface area contributed by atoms with Crippen LogP contribution in [0.25, 0.3) is 0 Å². The highest BCUT2D eigenvalue weighted by atomic mass is 35.5. The minimum Gasteiger partial charge on any atom is -0.497 e. The zero-order valence-electron chi connectivity index (χ0n) is 11.7. The summed E-state index contributed by atoms with van der Waals surface area (Å²) in [7, 11) is 1.64. The first-order chi connectivity index (χ1) is 9.04. The van der Waals surface area contributed by atoms with E-state index in [1.54, 1.807) is 7.11 Å². The van der Waals surface area contributed by atoms with Crippen molar-refractivity contribution in [2.75, 3.05) is 13.7 Å². The number of rotatable bonds is 5. The van der Waals surface area contributed by atoms with Crippen molar-refractivity contribution in [2.24, 2.45) is 0 Å². The topological polar surface area (TPSA) is 27.7 Å². The first-order valence-corrected chi connectivity index (χ1v) is 7.11. The molecule has 1 atom stereocenters. The van der Waals surface area contributed by atoms with E-state index in [1.165, 1.54) is 0 Å². The highest BCUT2D eigenvalue weighted by molar-refractivity contribution is 6.17. The van der Waals surface area contributed by atoms with Gasteiger partial charge in [-0.1, -0.05) is 6.07 Å². The first kappa shape index (κ1) is 14.5. The Balaban J connectivity index is 1.98. The van der Waals surface area contributed by atoms with Crippen molar-refractivity contribution in [1.82, 2.24) is 0 Å². The van der Waals surface area contributed by atoms with Crippen LogP contribution in [-0.2, 0) is 10.6 Å². The molecule has 1 aromatic carbocycles. The average molecular weight is 285 g/mol. The van der Waals surface area contributed by atoms with Crippen LogP contribution in [0.1, 0.15) is 32.3 Å². The minimum absolute atomic E-state index is 0.0300. The molecule has 4 heteroatoms. The molecule has 1 unspecified atom stereocenters. The largest absolute Gasteiger partial charge is 0.497 e. The van der Waals surface area contributed by atoms with Crippen molar-refractivity contribution >= 4 is 11.6 Å². The van der Waals surface area contributed by atoms with Crippen LogP contribution < -0.4 is 9.47 Å². The standard InChI is InChI=1S/C15H21ClO3/c1-15(2)7-6-13(19-15)10-18-14-8-12(17-3)5-4-11(14)9-16/h4-5,8,13H,6-7,9-10H2,1-3H3. The Hall–Kier alpha value is -0.930. The summed E-state index contributed by atoms with van der Waals surface area (Å²) >= 11 is 5.92. The monoisotopic (exact) mass is 284 g/mol. The summed E-state index contributed by atoms with van der Waals surface area (Å²) in [5, 5.41) is 0. The molecule has 1 aliphatic heterocycles. The van der Waals surface area contributed by atoms with E-state index in [0.29, 0.717) is 12.5 Å². The summed E-state index contributed by atoms with van der Waals surface area (Å²) in [5.41, 5.74) is 0.942. The lowest BCUT2D eigenvalue weighted by atomic mass is 10.1. The van der Waals surface area contributed by atoms with Gasteiger partial charge in [0.2, 0.25) is 0 Å². The van der Waals surface area contributed by atoms with Gasteiger partial charge in [0.15, 0.2) is 0 Å². The van der Waals surface area contributed by atoms with Gasteiger partial charge in [-0.15, -0.1) is 11.6 Å². The third kappa shape index (κ3) is 3.77. The molecule has 0 aliphatic carbocycles. The highest BCUT2D eigenvalue weighted by Gasteiger charge is 2.32. The maximum Gasteiger partial charge on any atom is 0.127 e. The van der Waals surface area contributed by atoms with Gasteiger partial charge in [0, 0.05) is 11.6 Å². The maximum absolute atomic E-state index is 5.92. The van der Waals surface area contributed by atoms with Crippen LogP contribution in [0, 0.1) is 0 Å². The van der Waals surface area contributed by atoms with Crippen LogP contribution in [0.2, 0.25) is 0 Å². The predicted octanol–water partition coefficient (Wildman–Crippen LogP) is 3.77. The lowest BCUT2D eigenvalue weighted by molar-refractivity contribution is -0.0327. The second kappa shape index (κ2) is 6.02. The van der Waals surface area contributed by atoms with Crippen LogP contribution in [0.5, 0.6) is 11.5 Å². The molecule has 106 valence electrons. The third-order valence-corrected chi connectivity index (χ3v) is 3.69. The van der Waals surface area contributed by atoms with E-state index in [9.17, 15) is 0 Å². The zero-order valence-corrected chi connectivity index (χ0v) is 12.5. The number of ether oxygens (including phenoxy) is 3. The molecule has 1 fully saturated rings. The van der Waals surface area contributed by atoms with Gasteiger partial charge >= 0.3 is 0 Å². The fraction of sp³-hybridized carbons (Fsp3) is 0.600. The first-order valence-electron chi connectivity index (χ1n) is 6.57. The zero-order chi connectivity index (χ0) is 13.9. The second-order valence-electron chi connectivity index (χ2n) is 5.46. The van der Waals surface area contributed by atoms with Gasteiger partial charge in [0.1, 0.15) is 18.1 Å². The van der Waals surface area contributed by atoms with Crippen molar-refractivity contribution in [3.63, 3.8) is 0 Å². The molecule has 0 aromatic heterocycles. The summed E-state index contributed by atoms with van der Waals surface area (Å²) in [4.78, 5) is 0. The molecule has 0 saturated carbocycles. The lowest BCUT2D eigenvalue weighted by Gasteiger charge is -2.20. The Bertz CT molecular complexity index is 431. The Kier molecular flexibility index (Phi) is 4.58. The highest BCUT2D eigenvalue weighted by Crippen LogP contribution is 2.31. The van der Waals surface area contributed by atoms with E-state index in [2.05, 4.69) is 13.8 Å². The molecule has 0 N–H and O–H groups in total. The quantitative estimate of drug-likeness (QED) is 0.770. The van der Waals surface area contributed by atoms with Crippen molar-refractivity contribution < 1.29 is 14.2 Å². The van der Waals surface area contributed by atoms with Crippen LogP contribution >= 0.6 is 11.6 Å². The van der Waals surface area contributed by atoms with Crippen molar-refractivity contribution in [3.8, 4) is 11.5 Å². The summed E-state index contributed by atoms with van der Waals surface area (Å²) in [6.45, 7) is 4.78. The predicted molar refractivity (Wildman–Crippen MR) is 76.2 cm³/mol. The molecule has 1 heterocycles. The van der Waals surface area contributed by atoms with Crippen LogP contribution in [-0.4, -0.2) is 25.4 Å². The molecular weight excluding hydrogens is 264 g/mol. The van der Waals surface area contributed by atoms with Crippen LogP contribution in [0.15, 0.2) is 18.2 Å². The normalized spacial score (nSPS) is 21.4. The SMILES string of the molecule is COc1ccc(CCl)c(OCC2CCC(C)(C)O2)c1. The van der Waals surface area contributed by atoms with Gasteiger partial charge < -0.3 is 14.2 Å². The van der Waals surface area contributed by atoms with Crippen molar-refractivity contribution in [2.45, 2.75) is 44.3 Å². The number of hydrogen-bond acceptors (Lipinski definition) is 3. The van der Waals surface area contributed by atoms with Gasteiger partial charge in [-0.25, -0.2) is 0 Å². The number of alkyl halides is 1. The summed E-state index contributed by atoms with van der Waals surface area (Å²) < 4.78 is 17.0. The summed E-state index contributed by atoms with van der Waals surface area (Å²) in [5.74, 6) is 1.98. The number of benzene rings is 1. The van der Waals surface area contributed by atoms with E-state index < -0.39 is 0 Å². The number of hydrogen-bond donors (Lipinski definition) is 0. The smallest absolute Gasteiger partial charge is 0.127 e. The Morgan fingerprint density at radius 1 is 1.42 bits per heavy atom. The average Bonchev–Trinajstić information content (AvgIpc) is 2.75. The van der Waals surface area contributed by atoms with Gasteiger partial charge in [-0.05, 0) is 32.8 Å². The molecule has 19 heavy (non-hydrogen) atoms. The van der Waals surface area contributed by atoms with Crippen LogP contribution in [0.3, 0.4) is 0 Å². The Morgan fingerprint density at radius 2 is 2.21 bits per heavy atom. The second-order valence-corrected chi connectivity index (χ2v) is 5.72. The van der Waals surface area contributed by atoms with Gasteiger partial charge in [-0.2, -0.15) is 0 Å². The van der Waals surface area contributed by atoms with Gasteiger partial charge in [-0.3, -0.25) is 0 Å². The molecule has 1 aliphatic rings. The molecule has 0 amide bonds. The van der Waals surface area contributed by atoms with Crippen molar-refractivity contribution in [1.29, 1.82) is 0 Å². The third-order valence-electron chi connectivity index (χ3n) is 3.40. The molecule has 0 spiro atoms. The van der Waals surface area contributed by atoms with Crippen molar-refractivity contribution in [3.05, 3.63) is 23.8 Å². The van der Waals surface area contributed by atoms with Gasteiger partial charge in [0.25, 0.3) is 0 Å². The molecule has 2 rings (SSSR count). The van der Waals surface area contributed by atoms with Gasteiger partial charge in [0.05, 0.1) is 24.7 Å². The molecule has 0 radical (unpaired) electrons. The minimum atomic E-state index is -0.0300. The number of methoxy groups -OCH3 is 1. The summed E-state index contributed by atoms with van der Waals surface area (Å²) in [6, 6.07) is 5.69. The van der Waals surface area contributed by atoms with Crippen LogP contribution in [0.4, 0.5) is 0 Å². The van der Waals surface area contributed by atoms with E-state index >= 15 is 0 Å². The lowest BCUT2D eigenvalue weighted by Crippen LogP contribution is -2.24. The van der Waals surface area contributed by atoms with E-state index in [0.717, 1.165) is 29.9 Å². The summed E-state index contributed by atoms with van der Waals surface area (Å²) in [6.07, 6.45) is 2.26. The molecule has 0 bridgehead atoms. The molecule has 1 saturated heterocycles. The van der Waals surface area contributed by atoms with E-state index in [4.69, 9.17) is 25.8 Å². The molecule has 3 nitrogen and oxygen atoms in total. The fourth-order valence-corrected chi connectivity index (χ4v) is 2.51. The fourth-order valence-electron chi connectivity index (χ4n) is 2.28. The number of halogens is 1. The Labute approximate surface area is 119 Å². The Morgan fingerprint density at radius 3 is 2.79 bits per heavy atom. The van der Waals surface area contributed by atoms with E-state index in [-0.39, 0.29) is 11.7 Å². The molecule has 1 aromatic rings. The van der Waals surface area contributed by atoms with E-state index in [1.807, 2.05) is 18.2 Å². The maximum atomic E-state index is 5.92. The molecular formula is C15H21ClO3.